The van der Waals surface area contributed by atoms with E-state index in [1.807, 2.05) is 13.0 Å². The summed E-state index contributed by atoms with van der Waals surface area (Å²) < 4.78 is 4.94. The molecule has 2 rings (SSSR count). The fraction of sp³-hybridized carbons (Fsp3) is 0.385. The molecule has 1 heterocycles. The van der Waals surface area contributed by atoms with Gasteiger partial charge >= 0.3 is 11.7 Å². The normalized spacial score (nSPS) is 14.4. The zero-order valence-corrected chi connectivity index (χ0v) is 10.8. The summed E-state index contributed by atoms with van der Waals surface area (Å²) >= 11 is 0. The van der Waals surface area contributed by atoms with Crippen molar-refractivity contribution < 1.29 is 14.3 Å². The van der Waals surface area contributed by atoms with Crippen LogP contribution in [0.1, 0.15) is 24.9 Å². The molecule has 1 aromatic heterocycles. The number of rotatable bonds is 5. The zero-order valence-electron chi connectivity index (χ0n) is 10.8. The van der Waals surface area contributed by atoms with Gasteiger partial charge in [-0.15, -0.1) is 0 Å². The van der Waals surface area contributed by atoms with Gasteiger partial charge in [-0.1, -0.05) is 13.0 Å². The van der Waals surface area contributed by atoms with E-state index in [4.69, 9.17) is 9.52 Å². The van der Waals surface area contributed by atoms with Crippen LogP contribution in [0, 0.1) is 5.92 Å². The van der Waals surface area contributed by atoms with Crippen LogP contribution in [-0.4, -0.2) is 23.1 Å². The van der Waals surface area contributed by atoms with Crippen molar-refractivity contribution >= 4 is 17.1 Å². The van der Waals surface area contributed by atoms with E-state index in [9.17, 15) is 9.59 Å². The van der Waals surface area contributed by atoms with Crippen molar-refractivity contribution in [2.75, 3.05) is 7.05 Å². The van der Waals surface area contributed by atoms with Crippen LogP contribution in [0.2, 0.25) is 0 Å². The molecule has 2 unspecified atom stereocenters. The fourth-order valence-corrected chi connectivity index (χ4v) is 2.34. The predicted molar refractivity (Wildman–Crippen MR) is 70.1 cm³/mol. The molecule has 0 saturated heterocycles. The van der Waals surface area contributed by atoms with Crippen LogP contribution >= 0.6 is 0 Å². The minimum Gasteiger partial charge on any atom is -0.481 e. The number of hydrogen-bond donors (Lipinski definition) is 3. The van der Waals surface area contributed by atoms with E-state index in [2.05, 4.69) is 10.3 Å². The highest BCUT2D eigenvalue weighted by Crippen LogP contribution is 2.26. The van der Waals surface area contributed by atoms with Crippen LogP contribution in [0.3, 0.4) is 0 Å². The first-order valence-electron chi connectivity index (χ1n) is 6.03. The van der Waals surface area contributed by atoms with Gasteiger partial charge in [0.25, 0.3) is 0 Å². The van der Waals surface area contributed by atoms with E-state index in [1.165, 1.54) is 0 Å². The lowest BCUT2D eigenvalue weighted by Crippen LogP contribution is -2.25. The summed E-state index contributed by atoms with van der Waals surface area (Å²) in [5.74, 6) is -1.39. The number of nitrogens with one attached hydrogen (secondary N) is 2. The number of aromatic nitrogens is 1. The summed E-state index contributed by atoms with van der Waals surface area (Å²) in [6.45, 7) is 1.87. The molecular formula is C13H16N2O4. The first kappa shape index (κ1) is 13.4. The number of hydrogen-bond acceptors (Lipinski definition) is 4. The number of oxazole rings is 1. The van der Waals surface area contributed by atoms with Crippen LogP contribution in [0.4, 0.5) is 0 Å². The Morgan fingerprint density at radius 1 is 1.53 bits per heavy atom. The molecule has 0 aliphatic rings. The monoisotopic (exact) mass is 264 g/mol. The minimum absolute atomic E-state index is 0.0708. The number of benzene rings is 1. The third-order valence-electron chi connectivity index (χ3n) is 3.18. The lowest BCUT2D eigenvalue weighted by molar-refractivity contribution is -0.138. The highest BCUT2D eigenvalue weighted by molar-refractivity contribution is 5.73. The second-order valence-electron chi connectivity index (χ2n) is 4.61. The summed E-state index contributed by atoms with van der Waals surface area (Å²) in [7, 11) is 1.78. The fourth-order valence-electron chi connectivity index (χ4n) is 2.34. The van der Waals surface area contributed by atoms with Crippen LogP contribution in [0.15, 0.2) is 27.4 Å². The Bertz CT molecular complexity index is 643. The zero-order chi connectivity index (χ0) is 14.0. The number of carboxylic acid groups (broad SMARTS) is 1. The van der Waals surface area contributed by atoms with Crippen LogP contribution in [0.25, 0.3) is 11.1 Å². The van der Waals surface area contributed by atoms with Gasteiger partial charge in [0.05, 0.1) is 5.52 Å². The van der Waals surface area contributed by atoms with Crippen LogP contribution in [0.5, 0.6) is 0 Å². The molecule has 2 aromatic rings. The van der Waals surface area contributed by atoms with Crippen molar-refractivity contribution in [2.45, 2.75) is 19.4 Å². The SMILES string of the molecule is CNC(c1ccc2oc(=O)[nH]c2c1)C(C)CC(=O)O. The molecule has 0 fully saturated rings. The largest absolute Gasteiger partial charge is 0.481 e. The Hall–Kier alpha value is -2.08. The molecule has 0 amide bonds. The van der Waals surface area contributed by atoms with Gasteiger partial charge in [-0.2, -0.15) is 0 Å². The highest BCUT2D eigenvalue weighted by Gasteiger charge is 2.20. The molecule has 19 heavy (non-hydrogen) atoms. The molecule has 0 aliphatic carbocycles. The molecule has 1 aromatic carbocycles. The van der Waals surface area contributed by atoms with Crippen molar-refractivity contribution in [3.05, 3.63) is 34.3 Å². The van der Waals surface area contributed by atoms with E-state index in [1.54, 1.807) is 19.2 Å². The first-order valence-corrected chi connectivity index (χ1v) is 6.03. The molecular weight excluding hydrogens is 248 g/mol. The smallest absolute Gasteiger partial charge is 0.417 e. The van der Waals surface area contributed by atoms with E-state index in [0.29, 0.717) is 11.1 Å². The third-order valence-corrected chi connectivity index (χ3v) is 3.18. The van der Waals surface area contributed by atoms with Gasteiger partial charge in [-0.3, -0.25) is 9.78 Å². The van der Waals surface area contributed by atoms with Crippen molar-refractivity contribution in [3.63, 3.8) is 0 Å². The molecule has 0 saturated carbocycles. The lowest BCUT2D eigenvalue weighted by atomic mass is 9.92. The standard InChI is InChI=1S/C13H16N2O4/c1-7(5-11(16)17)12(14-2)8-3-4-10-9(6-8)15-13(18)19-10/h3-4,6-7,12,14H,5H2,1-2H3,(H,15,18)(H,16,17). The molecule has 0 bridgehead atoms. The van der Waals surface area contributed by atoms with Gasteiger partial charge in [0.1, 0.15) is 0 Å². The summed E-state index contributed by atoms with van der Waals surface area (Å²) in [5.41, 5.74) is 2.03. The number of aromatic amines is 1. The average molecular weight is 264 g/mol. The second kappa shape index (κ2) is 5.27. The van der Waals surface area contributed by atoms with Crippen molar-refractivity contribution in [2.24, 2.45) is 5.92 Å². The lowest BCUT2D eigenvalue weighted by Gasteiger charge is -2.22. The van der Waals surface area contributed by atoms with Gasteiger partial charge in [0.2, 0.25) is 0 Å². The molecule has 2 atom stereocenters. The maximum atomic E-state index is 11.1. The predicted octanol–water partition coefficient (Wildman–Crippen LogP) is 1.49. The number of carbonyl (C=O) groups is 1. The van der Waals surface area contributed by atoms with E-state index < -0.39 is 11.7 Å². The van der Waals surface area contributed by atoms with Crippen molar-refractivity contribution in [1.82, 2.24) is 10.3 Å². The summed E-state index contributed by atoms with van der Waals surface area (Å²) in [6, 6.07) is 5.25. The molecule has 0 radical (unpaired) electrons. The average Bonchev–Trinajstić information content (AvgIpc) is 2.68. The quantitative estimate of drug-likeness (QED) is 0.760. The number of aliphatic carboxylic acids is 1. The minimum atomic E-state index is -0.828. The topological polar surface area (TPSA) is 95.3 Å². The Labute approximate surface area is 109 Å². The summed E-state index contributed by atoms with van der Waals surface area (Å²) in [5, 5.41) is 12.0. The highest BCUT2D eigenvalue weighted by atomic mass is 16.4. The maximum absolute atomic E-state index is 11.1. The maximum Gasteiger partial charge on any atom is 0.417 e. The molecule has 6 heteroatoms. The van der Waals surface area contributed by atoms with Crippen molar-refractivity contribution in [3.8, 4) is 0 Å². The first-order chi connectivity index (χ1) is 9.01. The Morgan fingerprint density at radius 2 is 2.26 bits per heavy atom. The third kappa shape index (κ3) is 2.85. The number of carboxylic acids is 1. The van der Waals surface area contributed by atoms with Crippen LogP contribution < -0.4 is 11.1 Å². The van der Waals surface area contributed by atoms with Gasteiger partial charge in [0, 0.05) is 12.5 Å². The Morgan fingerprint density at radius 3 is 2.89 bits per heavy atom. The Kier molecular flexibility index (Phi) is 3.71. The van der Waals surface area contributed by atoms with Gasteiger partial charge in [-0.05, 0) is 30.7 Å². The molecule has 0 aliphatic heterocycles. The molecule has 6 nitrogen and oxygen atoms in total. The molecule has 0 spiro atoms. The number of H-pyrrole nitrogens is 1. The number of fused-ring (bicyclic) bond motifs is 1. The van der Waals surface area contributed by atoms with Gasteiger partial charge in [-0.25, -0.2) is 4.79 Å². The van der Waals surface area contributed by atoms with E-state index in [-0.39, 0.29) is 18.4 Å². The van der Waals surface area contributed by atoms with Gasteiger partial charge in [0.15, 0.2) is 5.58 Å². The van der Waals surface area contributed by atoms with E-state index >= 15 is 0 Å². The Balaban J connectivity index is 2.34. The second-order valence-corrected chi connectivity index (χ2v) is 4.61. The van der Waals surface area contributed by atoms with Crippen LogP contribution in [-0.2, 0) is 4.79 Å². The summed E-state index contributed by atoms with van der Waals surface area (Å²) in [6.07, 6.45) is 0.0749. The van der Waals surface area contributed by atoms with Gasteiger partial charge < -0.3 is 14.8 Å². The summed E-state index contributed by atoms with van der Waals surface area (Å²) in [4.78, 5) is 24.5. The molecule has 3 N–H and O–H groups in total. The van der Waals surface area contributed by atoms with Crippen molar-refractivity contribution in [1.29, 1.82) is 0 Å². The van der Waals surface area contributed by atoms with E-state index in [0.717, 1.165) is 5.56 Å². The molecule has 102 valence electrons.